The number of carbonyl (C=O) groups is 3. The lowest BCUT2D eigenvalue weighted by molar-refractivity contribution is -0.166. The zero-order valence-electron chi connectivity index (χ0n) is 39.7. The number of carbonyl (C=O) groups excluding carboxylic acids is 3. The fraction of sp³-hybridized carbons (Fsp3) is 0.691. The van der Waals surface area contributed by atoms with Crippen LogP contribution in [0.3, 0.4) is 0 Å². The summed E-state index contributed by atoms with van der Waals surface area (Å²) in [5.74, 6) is -1.00. The van der Waals surface area contributed by atoms with Crippen LogP contribution >= 0.6 is 0 Å². The van der Waals surface area contributed by atoms with Crippen LogP contribution in [0.25, 0.3) is 0 Å². The van der Waals surface area contributed by atoms with Crippen molar-refractivity contribution in [2.24, 2.45) is 0 Å². The van der Waals surface area contributed by atoms with Gasteiger partial charge in [0.15, 0.2) is 6.10 Å². The Morgan fingerprint density at radius 1 is 0.344 bits per heavy atom. The summed E-state index contributed by atoms with van der Waals surface area (Å²) in [6, 6.07) is 0. The third kappa shape index (κ3) is 47.5. The number of rotatable bonds is 44. The van der Waals surface area contributed by atoms with Crippen molar-refractivity contribution in [1.29, 1.82) is 0 Å². The molecule has 6 heteroatoms. The smallest absolute Gasteiger partial charge is 0.306 e. The van der Waals surface area contributed by atoms with Crippen LogP contribution in [0.4, 0.5) is 0 Å². The lowest BCUT2D eigenvalue weighted by Crippen LogP contribution is -2.30. The minimum Gasteiger partial charge on any atom is -0.462 e. The van der Waals surface area contributed by atoms with Crippen LogP contribution in [0.15, 0.2) is 85.1 Å². The van der Waals surface area contributed by atoms with Crippen molar-refractivity contribution in [3.63, 3.8) is 0 Å². The van der Waals surface area contributed by atoms with E-state index in [1.807, 2.05) is 6.08 Å². The van der Waals surface area contributed by atoms with Gasteiger partial charge >= 0.3 is 17.9 Å². The normalized spacial score (nSPS) is 12.8. The first-order chi connectivity index (χ1) is 30.0. The molecule has 348 valence electrons. The molecule has 0 saturated heterocycles. The number of ether oxygens (including phenoxy) is 3. The third-order valence-corrected chi connectivity index (χ3v) is 10.4. The maximum atomic E-state index is 12.8. The molecule has 0 heterocycles. The van der Waals surface area contributed by atoms with Crippen LogP contribution in [-0.4, -0.2) is 37.2 Å². The van der Waals surface area contributed by atoms with Crippen LogP contribution in [-0.2, 0) is 28.6 Å². The molecule has 0 amide bonds. The summed E-state index contributed by atoms with van der Waals surface area (Å²) in [6.45, 7) is 6.42. The van der Waals surface area contributed by atoms with E-state index in [1.165, 1.54) is 89.9 Å². The van der Waals surface area contributed by atoms with E-state index in [0.29, 0.717) is 19.3 Å². The van der Waals surface area contributed by atoms with E-state index in [4.69, 9.17) is 14.2 Å². The average Bonchev–Trinajstić information content (AvgIpc) is 3.26. The molecule has 0 fully saturated rings. The zero-order chi connectivity index (χ0) is 44.4. The van der Waals surface area contributed by atoms with Gasteiger partial charge in [0.05, 0.1) is 0 Å². The highest BCUT2D eigenvalue weighted by atomic mass is 16.6. The first-order valence-corrected chi connectivity index (χ1v) is 25.1. The molecule has 61 heavy (non-hydrogen) atoms. The van der Waals surface area contributed by atoms with Crippen LogP contribution in [0.5, 0.6) is 0 Å². The van der Waals surface area contributed by atoms with Crippen molar-refractivity contribution in [2.75, 3.05) is 13.2 Å². The summed E-state index contributed by atoms with van der Waals surface area (Å²) in [7, 11) is 0. The second-order valence-corrected chi connectivity index (χ2v) is 16.3. The van der Waals surface area contributed by atoms with Gasteiger partial charge in [0.1, 0.15) is 13.2 Å². The highest BCUT2D eigenvalue weighted by Gasteiger charge is 2.19. The van der Waals surface area contributed by atoms with E-state index in [-0.39, 0.29) is 37.5 Å². The van der Waals surface area contributed by atoms with Gasteiger partial charge in [-0.15, -0.1) is 0 Å². The highest BCUT2D eigenvalue weighted by molar-refractivity contribution is 5.71. The maximum Gasteiger partial charge on any atom is 0.306 e. The SMILES string of the molecule is CC/C=C\C/C=C\C/C=C\C/C=C\C/C=C\C/C=C\CCC(=O)OC[C@@H](COC(=O)CCCCCCCCCCCC)OC(=O)CCCCCCC/C=C\CCCCCCC. The molecule has 0 aromatic rings. The highest BCUT2D eigenvalue weighted by Crippen LogP contribution is 2.13. The summed E-state index contributed by atoms with van der Waals surface area (Å²) >= 11 is 0. The van der Waals surface area contributed by atoms with Crippen LogP contribution in [0, 0.1) is 0 Å². The molecule has 0 aromatic carbocycles. The van der Waals surface area contributed by atoms with E-state index in [1.54, 1.807) is 0 Å². The lowest BCUT2D eigenvalue weighted by atomic mass is 10.1. The Bertz CT molecular complexity index is 1200. The minimum absolute atomic E-state index is 0.102. The molecule has 0 aliphatic rings. The molecular formula is C55H92O6. The van der Waals surface area contributed by atoms with Gasteiger partial charge in [-0.05, 0) is 83.5 Å². The molecule has 1 atom stereocenters. The van der Waals surface area contributed by atoms with Gasteiger partial charge in [0.2, 0.25) is 0 Å². The molecule has 0 saturated carbocycles. The second kappa shape index (κ2) is 49.2. The number of hydrogen-bond donors (Lipinski definition) is 0. The minimum atomic E-state index is -0.808. The van der Waals surface area contributed by atoms with Gasteiger partial charge in [-0.1, -0.05) is 209 Å². The molecule has 0 rings (SSSR count). The Labute approximate surface area is 375 Å². The molecule has 6 nitrogen and oxygen atoms in total. The summed E-state index contributed by atoms with van der Waals surface area (Å²) < 4.78 is 16.7. The topological polar surface area (TPSA) is 78.9 Å². The van der Waals surface area contributed by atoms with Crippen LogP contribution in [0.2, 0.25) is 0 Å². The summed E-state index contributed by atoms with van der Waals surface area (Å²) in [5, 5.41) is 0. The van der Waals surface area contributed by atoms with Crippen molar-refractivity contribution in [2.45, 2.75) is 232 Å². The predicted molar refractivity (Wildman–Crippen MR) is 261 cm³/mol. The summed E-state index contributed by atoms with van der Waals surface area (Å²) in [4.78, 5) is 37.8. The second-order valence-electron chi connectivity index (χ2n) is 16.3. The molecule has 0 N–H and O–H groups in total. The fourth-order valence-corrected chi connectivity index (χ4v) is 6.64. The first-order valence-electron chi connectivity index (χ1n) is 25.1. The number of esters is 3. The average molecular weight is 849 g/mol. The largest absolute Gasteiger partial charge is 0.462 e. The van der Waals surface area contributed by atoms with Gasteiger partial charge in [-0.3, -0.25) is 14.4 Å². The maximum absolute atomic E-state index is 12.8. The van der Waals surface area contributed by atoms with Gasteiger partial charge in [-0.25, -0.2) is 0 Å². The molecular weight excluding hydrogens is 757 g/mol. The molecule has 0 spiro atoms. The quantitative estimate of drug-likeness (QED) is 0.0263. The van der Waals surface area contributed by atoms with Gasteiger partial charge in [0, 0.05) is 19.3 Å². The Balaban J connectivity index is 4.49. The number of allylic oxidation sites excluding steroid dienone is 14. The molecule has 0 aliphatic heterocycles. The molecule has 0 radical (unpaired) electrons. The van der Waals surface area contributed by atoms with E-state index in [9.17, 15) is 14.4 Å². The Kier molecular flexibility index (Phi) is 46.5. The third-order valence-electron chi connectivity index (χ3n) is 10.4. The summed E-state index contributed by atoms with van der Waals surface area (Å²) in [5.41, 5.74) is 0. The Morgan fingerprint density at radius 2 is 0.672 bits per heavy atom. The lowest BCUT2D eigenvalue weighted by Gasteiger charge is -2.18. The van der Waals surface area contributed by atoms with Crippen LogP contribution in [0.1, 0.15) is 226 Å². The fourth-order valence-electron chi connectivity index (χ4n) is 6.64. The zero-order valence-corrected chi connectivity index (χ0v) is 39.7. The van der Waals surface area contributed by atoms with Crippen molar-refractivity contribution in [3.8, 4) is 0 Å². The molecule has 0 aromatic heterocycles. The standard InChI is InChI=1S/C55H92O6/c1-4-7-10-13-16-19-22-24-26-27-28-29-30-32-33-36-39-42-45-48-54(57)60-51-52(50-59-53(56)47-44-41-38-35-21-18-15-12-9-6-3)61-55(58)49-46-43-40-37-34-31-25-23-20-17-14-11-8-5-2/h7,10,16,19,23-26,28-29,32-33,39,42,52H,4-6,8-9,11-15,17-18,20-22,27,30-31,34-38,40-41,43-51H2,1-3H3/b10-7-,19-16-,25-23-,26-24-,29-28-,33-32-,42-39-/t52-/m1/s1. The Morgan fingerprint density at radius 3 is 1.10 bits per heavy atom. The van der Waals surface area contributed by atoms with Gasteiger partial charge < -0.3 is 14.2 Å². The van der Waals surface area contributed by atoms with Crippen molar-refractivity contribution in [3.05, 3.63) is 85.1 Å². The first kappa shape index (κ1) is 57.6. The van der Waals surface area contributed by atoms with E-state index < -0.39 is 6.10 Å². The monoisotopic (exact) mass is 849 g/mol. The van der Waals surface area contributed by atoms with Crippen molar-refractivity contribution < 1.29 is 28.6 Å². The van der Waals surface area contributed by atoms with E-state index in [2.05, 4.69) is 99.8 Å². The van der Waals surface area contributed by atoms with Gasteiger partial charge in [-0.2, -0.15) is 0 Å². The van der Waals surface area contributed by atoms with E-state index >= 15 is 0 Å². The predicted octanol–water partition coefficient (Wildman–Crippen LogP) is 16.4. The van der Waals surface area contributed by atoms with Crippen LogP contribution < -0.4 is 0 Å². The molecule has 0 bridgehead atoms. The van der Waals surface area contributed by atoms with Gasteiger partial charge in [0.25, 0.3) is 0 Å². The van der Waals surface area contributed by atoms with E-state index in [0.717, 1.165) is 89.9 Å². The van der Waals surface area contributed by atoms with Crippen molar-refractivity contribution in [1.82, 2.24) is 0 Å². The molecule has 0 unspecified atom stereocenters. The van der Waals surface area contributed by atoms with Crippen molar-refractivity contribution >= 4 is 17.9 Å². The Hall–Kier alpha value is -3.41. The summed E-state index contributed by atoms with van der Waals surface area (Å²) in [6.07, 6.45) is 62.9. The number of unbranched alkanes of at least 4 members (excludes halogenated alkanes) is 19. The molecule has 0 aliphatic carbocycles. The number of hydrogen-bond acceptors (Lipinski definition) is 6.